The first-order chi connectivity index (χ1) is 15.1. The predicted octanol–water partition coefficient (Wildman–Crippen LogP) is 4.39. The molecule has 1 aliphatic rings. The highest BCUT2D eigenvalue weighted by Gasteiger charge is 2.17. The Hall–Kier alpha value is -3.18. The van der Waals surface area contributed by atoms with Gasteiger partial charge in [0.05, 0.1) is 0 Å². The predicted molar refractivity (Wildman–Crippen MR) is 123 cm³/mol. The Labute approximate surface area is 183 Å². The van der Waals surface area contributed by atoms with Gasteiger partial charge in [-0.15, -0.1) is 0 Å². The minimum Gasteiger partial charge on any atom is -0.369 e. The lowest BCUT2D eigenvalue weighted by Gasteiger charge is -2.36. The van der Waals surface area contributed by atoms with Gasteiger partial charge in [0.15, 0.2) is 0 Å². The Kier molecular flexibility index (Phi) is 6.63. The minimum absolute atomic E-state index is 0.115. The summed E-state index contributed by atoms with van der Waals surface area (Å²) in [6.45, 7) is 7.32. The van der Waals surface area contributed by atoms with Crippen LogP contribution in [0.25, 0.3) is 0 Å². The average molecular weight is 418 g/mol. The van der Waals surface area contributed by atoms with E-state index in [4.69, 9.17) is 0 Å². The molecule has 4 rings (SSSR count). The van der Waals surface area contributed by atoms with Crippen molar-refractivity contribution < 1.29 is 9.18 Å². The number of carbonyl (C=O) groups excluding carboxylic acids is 1. The van der Waals surface area contributed by atoms with Crippen molar-refractivity contribution in [1.29, 1.82) is 0 Å². The molecule has 3 aromatic carbocycles. The van der Waals surface area contributed by atoms with Crippen molar-refractivity contribution in [1.82, 2.24) is 10.2 Å². The lowest BCUT2D eigenvalue weighted by atomic mass is 10.1. The van der Waals surface area contributed by atoms with Crippen LogP contribution in [0.3, 0.4) is 0 Å². The van der Waals surface area contributed by atoms with Gasteiger partial charge in [-0.1, -0.05) is 42.0 Å². The lowest BCUT2D eigenvalue weighted by Crippen LogP contribution is -2.46. The van der Waals surface area contributed by atoms with E-state index < -0.39 is 0 Å². The van der Waals surface area contributed by atoms with Crippen LogP contribution in [-0.2, 0) is 13.1 Å². The van der Waals surface area contributed by atoms with Gasteiger partial charge in [0.1, 0.15) is 5.82 Å². The highest BCUT2D eigenvalue weighted by atomic mass is 19.1. The van der Waals surface area contributed by atoms with Gasteiger partial charge in [0.2, 0.25) is 0 Å². The first kappa shape index (κ1) is 21.1. The van der Waals surface area contributed by atoms with E-state index in [0.29, 0.717) is 12.1 Å². The molecule has 5 heteroatoms. The second-order valence-corrected chi connectivity index (χ2v) is 8.11. The zero-order valence-electron chi connectivity index (χ0n) is 17.9. The maximum atomic E-state index is 13.0. The summed E-state index contributed by atoms with van der Waals surface area (Å²) >= 11 is 0. The van der Waals surface area contributed by atoms with Crippen molar-refractivity contribution in [3.63, 3.8) is 0 Å². The average Bonchev–Trinajstić information content (AvgIpc) is 2.80. The smallest absolute Gasteiger partial charge is 0.251 e. The van der Waals surface area contributed by atoms with Crippen molar-refractivity contribution in [3.8, 4) is 0 Å². The van der Waals surface area contributed by atoms with Crippen LogP contribution in [-0.4, -0.2) is 37.0 Å². The third kappa shape index (κ3) is 5.70. The van der Waals surface area contributed by atoms with Gasteiger partial charge < -0.3 is 10.2 Å². The van der Waals surface area contributed by atoms with Gasteiger partial charge >= 0.3 is 0 Å². The molecule has 4 nitrogen and oxygen atoms in total. The largest absolute Gasteiger partial charge is 0.369 e. The van der Waals surface area contributed by atoms with E-state index in [1.165, 1.54) is 23.4 Å². The highest BCUT2D eigenvalue weighted by molar-refractivity contribution is 5.94. The SMILES string of the molecule is Cc1ccc(N2CCN(Cc3cccc(C(=O)NCc4ccc(F)cc4)c3)CC2)cc1. The van der Waals surface area contributed by atoms with Crippen LogP contribution in [0.5, 0.6) is 0 Å². The van der Waals surface area contributed by atoms with Crippen molar-refractivity contribution >= 4 is 11.6 Å². The van der Waals surface area contributed by atoms with E-state index in [-0.39, 0.29) is 11.7 Å². The van der Waals surface area contributed by atoms with E-state index in [1.54, 1.807) is 12.1 Å². The van der Waals surface area contributed by atoms with Crippen molar-refractivity contribution in [2.24, 2.45) is 0 Å². The second-order valence-electron chi connectivity index (χ2n) is 8.11. The molecule has 1 heterocycles. The Balaban J connectivity index is 1.29. The molecule has 1 N–H and O–H groups in total. The number of anilines is 1. The van der Waals surface area contributed by atoms with E-state index in [1.807, 2.05) is 18.2 Å². The van der Waals surface area contributed by atoms with Crippen molar-refractivity contribution in [3.05, 3.63) is 101 Å². The molecule has 0 unspecified atom stereocenters. The van der Waals surface area contributed by atoms with Gasteiger partial charge in [-0.2, -0.15) is 0 Å². The number of aryl methyl sites for hydroxylation is 1. The van der Waals surface area contributed by atoms with Crippen molar-refractivity contribution in [2.75, 3.05) is 31.1 Å². The summed E-state index contributed by atoms with van der Waals surface area (Å²) in [7, 11) is 0. The number of benzene rings is 3. The zero-order chi connectivity index (χ0) is 21.6. The van der Waals surface area contributed by atoms with Crippen LogP contribution < -0.4 is 10.2 Å². The van der Waals surface area contributed by atoms with Gasteiger partial charge in [-0.25, -0.2) is 4.39 Å². The zero-order valence-corrected chi connectivity index (χ0v) is 17.9. The van der Waals surface area contributed by atoms with Gasteiger partial charge in [-0.05, 0) is 54.4 Å². The molecule has 0 atom stereocenters. The van der Waals surface area contributed by atoms with Crippen LogP contribution in [0, 0.1) is 12.7 Å². The summed E-state index contributed by atoms with van der Waals surface area (Å²) in [4.78, 5) is 17.4. The van der Waals surface area contributed by atoms with Crippen LogP contribution in [0.2, 0.25) is 0 Å². The third-order valence-corrected chi connectivity index (χ3v) is 5.73. The molecule has 1 fully saturated rings. The number of carbonyl (C=O) groups is 1. The maximum absolute atomic E-state index is 13.0. The van der Waals surface area contributed by atoms with Gasteiger partial charge in [0.25, 0.3) is 5.91 Å². The summed E-state index contributed by atoms with van der Waals surface area (Å²) in [5.74, 6) is -0.391. The topological polar surface area (TPSA) is 35.6 Å². The number of nitrogens with zero attached hydrogens (tertiary/aromatic N) is 2. The number of hydrogen-bond acceptors (Lipinski definition) is 3. The molecule has 0 aliphatic carbocycles. The third-order valence-electron chi connectivity index (χ3n) is 5.73. The normalized spacial score (nSPS) is 14.5. The summed E-state index contributed by atoms with van der Waals surface area (Å²) in [6, 6.07) is 22.7. The summed E-state index contributed by atoms with van der Waals surface area (Å²) in [5.41, 5.74) is 5.22. The van der Waals surface area contributed by atoms with E-state index in [9.17, 15) is 9.18 Å². The molecular formula is C26H28FN3O. The fraction of sp³-hybridized carbons (Fsp3) is 0.269. The Morgan fingerprint density at radius 1 is 0.903 bits per heavy atom. The summed E-state index contributed by atoms with van der Waals surface area (Å²) in [5, 5.41) is 2.91. The monoisotopic (exact) mass is 417 g/mol. The first-order valence-electron chi connectivity index (χ1n) is 10.7. The number of amides is 1. The lowest BCUT2D eigenvalue weighted by molar-refractivity contribution is 0.0950. The molecule has 160 valence electrons. The number of rotatable bonds is 6. The van der Waals surface area contributed by atoms with Crippen LogP contribution in [0.4, 0.5) is 10.1 Å². The van der Waals surface area contributed by atoms with Gasteiger partial charge in [0, 0.05) is 50.5 Å². The molecular weight excluding hydrogens is 389 g/mol. The molecule has 1 aliphatic heterocycles. The van der Waals surface area contributed by atoms with Crippen molar-refractivity contribution in [2.45, 2.75) is 20.0 Å². The van der Waals surface area contributed by atoms with E-state index >= 15 is 0 Å². The van der Waals surface area contributed by atoms with Gasteiger partial charge in [-0.3, -0.25) is 9.69 Å². The standard InChI is InChI=1S/C26H28FN3O/c1-20-5-11-25(12-6-20)30-15-13-29(14-16-30)19-22-3-2-4-23(17-22)26(31)28-18-21-7-9-24(27)10-8-21/h2-12,17H,13-16,18-19H2,1H3,(H,28,31). The Morgan fingerprint density at radius 3 is 2.32 bits per heavy atom. The number of hydrogen-bond donors (Lipinski definition) is 1. The minimum atomic E-state index is -0.275. The number of nitrogens with one attached hydrogen (secondary N) is 1. The Morgan fingerprint density at radius 2 is 1.61 bits per heavy atom. The fourth-order valence-corrected chi connectivity index (χ4v) is 3.88. The Bertz CT molecular complexity index is 1010. The fourth-order valence-electron chi connectivity index (χ4n) is 3.88. The quantitative estimate of drug-likeness (QED) is 0.646. The molecule has 0 radical (unpaired) electrons. The highest BCUT2D eigenvalue weighted by Crippen LogP contribution is 2.18. The summed E-state index contributed by atoms with van der Waals surface area (Å²) < 4.78 is 13.0. The molecule has 31 heavy (non-hydrogen) atoms. The molecule has 0 bridgehead atoms. The first-order valence-corrected chi connectivity index (χ1v) is 10.7. The summed E-state index contributed by atoms with van der Waals surface area (Å²) in [6.07, 6.45) is 0. The van der Waals surface area contributed by atoms with Crippen LogP contribution in [0.1, 0.15) is 27.0 Å². The molecule has 0 spiro atoms. The van der Waals surface area contributed by atoms with E-state index in [0.717, 1.165) is 43.9 Å². The molecule has 3 aromatic rings. The molecule has 0 aromatic heterocycles. The molecule has 1 saturated heterocycles. The van der Waals surface area contributed by atoms with Crippen LogP contribution >= 0.6 is 0 Å². The molecule has 0 saturated carbocycles. The number of halogens is 1. The van der Waals surface area contributed by atoms with E-state index in [2.05, 4.69) is 52.4 Å². The molecule has 1 amide bonds. The maximum Gasteiger partial charge on any atom is 0.251 e. The van der Waals surface area contributed by atoms with Crippen LogP contribution in [0.15, 0.2) is 72.8 Å². The number of piperazine rings is 1. The second kappa shape index (κ2) is 9.75.